The van der Waals surface area contributed by atoms with E-state index in [0.29, 0.717) is 30.9 Å². The number of likely N-dealkylation sites (tertiary alicyclic amines) is 1. The van der Waals surface area contributed by atoms with Gasteiger partial charge in [-0.1, -0.05) is 18.6 Å². The first kappa shape index (κ1) is 19.0. The summed E-state index contributed by atoms with van der Waals surface area (Å²) < 4.78 is 7.64. The van der Waals surface area contributed by atoms with Crippen molar-refractivity contribution in [1.82, 2.24) is 20.0 Å². The molecule has 1 aromatic heterocycles. The van der Waals surface area contributed by atoms with E-state index in [9.17, 15) is 4.79 Å². The number of hydrogen-bond donors (Lipinski definition) is 1. The van der Waals surface area contributed by atoms with Gasteiger partial charge in [0.25, 0.3) is 5.91 Å². The fourth-order valence-corrected chi connectivity index (χ4v) is 4.62. The van der Waals surface area contributed by atoms with Crippen molar-refractivity contribution in [3.8, 4) is 17.0 Å². The van der Waals surface area contributed by atoms with Crippen molar-refractivity contribution in [3.05, 3.63) is 35.5 Å². The van der Waals surface area contributed by atoms with E-state index in [1.807, 2.05) is 31.3 Å². The highest BCUT2D eigenvalue weighted by atomic mass is 16.5. The lowest BCUT2D eigenvalue weighted by Crippen LogP contribution is -2.44. The Hall–Kier alpha value is -2.34. The van der Waals surface area contributed by atoms with Crippen molar-refractivity contribution < 1.29 is 9.53 Å². The Balaban J connectivity index is 1.39. The molecule has 0 spiro atoms. The molecule has 3 heterocycles. The average molecular weight is 383 g/mol. The number of piperidine rings is 1. The number of nitrogens with zero attached hydrogens (tertiary/aromatic N) is 3. The number of nitrogens with one attached hydrogen (secondary N) is 1. The normalized spacial score (nSPS) is 21.5. The average Bonchev–Trinajstić information content (AvgIpc) is 3.04. The van der Waals surface area contributed by atoms with Gasteiger partial charge in [0, 0.05) is 43.3 Å². The zero-order valence-corrected chi connectivity index (χ0v) is 17.1. The largest absolute Gasteiger partial charge is 0.488 e. The summed E-state index contributed by atoms with van der Waals surface area (Å²) >= 11 is 0. The van der Waals surface area contributed by atoms with Crippen LogP contribution >= 0.6 is 0 Å². The fourth-order valence-electron chi connectivity index (χ4n) is 4.62. The Morgan fingerprint density at radius 3 is 2.79 bits per heavy atom. The number of amides is 1. The summed E-state index contributed by atoms with van der Waals surface area (Å²) in [6.07, 6.45) is 4.83. The van der Waals surface area contributed by atoms with Crippen LogP contribution in [-0.4, -0.2) is 45.8 Å². The summed E-state index contributed by atoms with van der Waals surface area (Å²) in [6, 6.07) is 9.18. The number of para-hydroxylation sites is 1. The van der Waals surface area contributed by atoms with Gasteiger partial charge in [0.1, 0.15) is 12.4 Å². The molecule has 0 radical (unpaired) electrons. The number of fused-ring (bicyclic) bond motifs is 3. The van der Waals surface area contributed by atoms with E-state index < -0.39 is 0 Å². The molecule has 1 aromatic carbocycles. The lowest BCUT2D eigenvalue weighted by molar-refractivity contribution is 0.0919. The van der Waals surface area contributed by atoms with Crippen LogP contribution in [0.4, 0.5) is 0 Å². The van der Waals surface area contributed by atoms with Gasteiger partial charge in [0.05, 0.1) is 5.69 Å². The predicted molar refractivity (Wildman–Crippen MR) is 109 cm³/mol. The number of aromatic nitrogens is 2. The monoisotopic (exact) mass is 382 g/mol. The standard InChI is InChI=1S/C22H30N4O2/c1-15-8-6-9-16(2)26(15)13-7-12-23-22(27)20-18-14-28-19-11-5-4-10-17(19)21(18)25(3)24-20/h4-5,10-11,15-16H,6-9,12-14H2,1-3H3,(H,23,27)/t15-,16+. The van der Waals surface area contributed by atoms with Crippen LogP contribution in [0.3, 0.4) is 0 Å². The second-order valence-corrected chi connectivity index (χ2v) is 8.06. The maximum atomic E-state index is 12.8. The molecular formula is C22H30N4O2. The van der Waals surface area contributed by atoms with Crippen LogP contribution in [0.15, 0.2) is 24.3 Å². The van der Waals surface area contributed by atoms with Crippen molar-refractivity contribution in [2.75, 3.05) is 13.1 Å². The Bertz CT molecular complexity index is 850. The highest BCUT2D eigenvalue weighted by Gasteiger charge is 2.28. The molecule has 0 unspecified atom stereocenters. The van der Waals surface area contributed by atoms with E-state index in [1.165, 1.54) is 19.3 Å². The SMILES string of the molecule is C[C@@H]1CCC[C@H](C)N1CCCNC(=O)c1nn(C)c2c1COc1ccccc1-2. The number of rotatable bonds is 5. The first-order valence-electron chi connectivity index (χ1n) is 10.4. The molecular weight excluding hydrogens is 352 g/mol. The smallest absolute Gasteiger partial charge is 0.272 e. The number of carbonyl (C=O) groups is 1. The summed E-state index contributed by atoms with van der Waals surface area (Å²) in [6.45, 7) is 6.70. The molecule has 6 heteroatoms. The van der Waals surface area contributed by atoms with Crippen LogP contribution in [0.25, 0.3) is 11.3 Å². The molecule has 2 aliphatic heterocycles. The second kappa shape index (κ2) is 7.95. The lowest BCUT2D eigenvalue weighted by atomic mass is 9.97. The van der Waals surface area contributed by atoms with E-state index in [4.69, 9.17) is 4.74 Å². The predicted octanol–water partition coefficient (Wildman–Crippen LogP) is 3.36. The molecule has 150 valence electrons. The minimum Gasteiger partial charge on any atom is -0.488 e. The van der Waals surface area contributed by atoms with Crippen molar-refractivity contribution in [3.63, 3.8) is 0 Å². The van der Waals surface area contributed by atoms with Gasteiger partial charge in [0.2, 0.25) is 0 Å². The molecule has 0 bridgehead atoms. The summed E-state index contributed by atoms with van der Waals surface area (Å²) in [4.78, 5) is 15.3. The third-order valence-corrected chi connectivity index (χ3v) is 6.13. The highest BCUT2D eigenvalue weighted by Crippen LogP contribution is 2.38. The van der Waals surface area contributed by atoms with Crippen LogP contribution < -0.4 is 10.1 Å². The zero-order valence-electron chi connectivity index (χ0n) is 17.1. The molecule has 0 aliphatic carbocycles. The van der Waals surface area contributed by atoms with Gasteiger partial charge >= 0.3 is 0 Å². The fraction of sp³-hybridized carbons (Fsp3) is 0.545. The second-order valence-electron chi connectivity index (χ2n) is 8.06. The zero-order chi connectivity index (χ0) is 19.7. The Morgan fingerprint density at radius 2 is 2.00 bits per heavy atom. The van der Waals surface area contributed by atoms with Gasteiger partial charge in [-0.3, -0.25) is 14.4 Å². The third-order valence-electron chi connectivity index (χ3n) is 6.13. The number of carbonyl (C=O) groups excluding carboxylic acids is 1. The van der Waals surface area contributed by atoms with Gasteiger partial charge < -0.3 is 10.1 Å². The quantitative estimate of drug-likeness (QED) is 0.806. The van der Waals surface area contributed by atoms with Crippen molar-refractivity contribution in [1.29, 1.82) is 0 Å². The Morgan fingerprint density at radius 1 is 1.25 bits per heavy atom. The number of hydrogen-bond acceptors (Lipinski definition) is 4. The molecule has 1 fully saturated rings. The van der Waals surface area contributed by atoms with E-state index in [2.05, 4.69) is 29.2 Å². The van der Waals surface area contributed by atoms with E-state index in [0.717, 1.165) is 35.5 Å². The van der Waals surface area contributed by atoms with Gasteiger partial charge in [-0.05, 0) is 45.2 Å². The molecule has 2 atom stereocenters. The summed E-state index contributed by atoms with van der Waals surface area (Å²) in [7, 11) is 1.89. The molecule has 6 nitrogen and oxygen atoms in total. The van der Waals surface area contributed by atoms with Gasteiger partial charge in [-0.15, -0.1) is 0 Å². The minimum absolute atomic E-state index is 0.112. The molecule has 4 rings (SSSR count). The molecule has 1 saturated heterocycles. The van der Waals surface area contributed by atoms with Crippen molar-refractivity contribution in [2.24, 2.45) is 7.05 Å². The number of benzene rings is 1. The molecule has 1 N–H and O–H groups in total. The first-order valence-corrected chi connectivity index (χ1v) is 10.4. The van der Waals surface area contributed by atoms with Crippen molar-refractivity contribution in [2.45, 2.75) is 58.2 Å². The number of ether oxygens (including phenoxy) is 1. The highest BCUT2D eigenvalue weighted by molar-refractivity contribution is 5.96. The van der Waals surface area contributed by atoms with Gasteiger partial charge in [-0.25, -0.2) is 0 Å². The Kier molecular flexibility index (Phi) is 5.40. The summed E-state index contributed by atoms with van der Waals surface area (Å²) in [5, 5.41) is 7.56. The number of aryl methyl sites for hydroxylation is 1. The maximum Gasteiger partial charge on any atom is 0.272 e. The van der Waals surface area contributed by atoms with Crippen LogP contribution in [-0.2, 0) is 13.7 Å². The molecule has 1 amide bonds. The van der Waals surface area contributed by atoms with Crippen LogP contribution in [0.5, 0.6) is 5.75 Å². The van der Waals surface area contributed by atoms with Crippen LogP contribution in [0.2, 0.25) is 0 Å². The van der Waals surface area contributed by atoms with Crippen LogP contribution in [0, 0.1) is 0 Å². The van der Waals surface area contributed by atoms with Gasteiger partial charge in [-0.2, -0.15) is 5.10 Å². The molecule has 0 saturated carbocycles. The third kappa shape index (κ3) is 3.53. The van der Waals surface area contributed by atoms with Crippen LogP contribution in [0.1, 0.15) is 55.6 Å². The van der Waals surface area contributed by atoms with E-state index in [-0.39, 0.29) is 5.91 Å². The minimum atomic E-state index is -0.112. The van der Waals surface area contributed by atoms with Gasteiger partial charge in [0.15, 0.2) is 5.69 Å². The Labute approximate surface area is 166 Å². The van der Waals surface area contributed by atoms with Crippen molar-refractivity contribution >= 4 is 5.91 Å². The molecule has 2 aromatic rings. The lowest BCUT2D eigenvalue weighted by Gasteiger charge is -2.39. The topological polar surface area (TPSA) is 59.4 Å². The van der Waals surface area contributed by atoms with E-state index in [1.54, 1.807) is 4.68 Å². The maximum absolute atomic E-state index is 12.8. The molecule has 2 aliphatic rings. The summed E-state index contributed by atoms with van der Waals surface area (Å²) in [5.41, 5.74) is 3.32. The van der Waals surface area contributed by atoms with E-state index >= 15 is 0 Å². The first-order chi connectivity index (χ1) is 13.6. The summed E-state index contributed by atoms with van der Waals surface area (Å²) in [5.74, 6) is 0.731. The molecule has 28 heavy (non-hydrogen) atoms.